The average Bonchev–Trinajstić information content (AvgIpc) is 2.75. The first-order chi connectivity index (χ1) is 14.4. The van der Waals surface area contributed by atoms with Crippen molar-refractivity contribution in [2.45, 2.75) is 39.5 Å². The molecule has 0 saturated heterocycles. The summed E-state index contributed by atoms with van der Waals surface area (Å²) < 4.78 is 19.5. The summed E-state index contributed by atoms with van der Waals surface area (Å²) in [7, 11) is 0. The van der Waals surface area contributed by atoms with Crippen molar-refractivity contribution < 1.29 is 18.7 Å². The molecule has 1 amide bonds. The Bertz CT molecular complexity index is 1130. The van der Waals surface area contributed by atoms with E-state index in [2.05, 4.69) is 10.4 Å². The van der Waals surface area contributed by atoms with Gasteiger partial charge in [-0.05, 0) is 37.1 Å². The van der Waals surface area contributed by atoms with E-state index in [1.807, 2.05) is 6.92 Å². The summed E-state index contributed by atoms with van der Waals surface area (Å²) in [5, 5.41) is 7.54. The maximum absolute atomic E-state index is 13.0. The first-order valence-electron chi connectivity index (χ1n) is 9.63. The van der Waals surface area contributed by atoms with Crippen molar-refractivity contribution in [3.63, 3.8) is 0 Å². The molecule has 1 unspecified atom stereocenters. The number of carbonyl (C=O) groups excluding carboxylic acids is 2. The normalized spacial score (nSPS) is 11.8. The average molecular weight is 411 g/mol. The van der Waals surface area contributed by atoms with Gasteiger partial charge in [0, 0.05) is 18.5 Å². The van der Waals surface area contributed by atoms with E-state index in [1.54, 1.807) is 36.4 Å². The molecule has 0 saturated carbocycles. The zero-order valence-corrected chi connectivity index (χ0v) is 16.7. The van der Waals surface area contributed by atoms with Gasteiger partial charge in [0.15, 0.2) is 11.8 Å². The summed E-state index contributed by atoms with van der Waals surface area (Å²) in [6.07, 6.45) is -0.410. The first kappa shape index (κ1) is 21.2. The fourth-order valence-corrected chi connectivity index (χ4v) is 2.95. The van der Waals surface area contributed by atoms with Gasteiger partial charge in [0.05, 0.1) is 5.39 Å². The number of benzene rings is 2. The molecular weight excluding hydrogens is 389 g/mol. The summed E-state index contributed by atoms with van der Waals surface area (Å²) >= 11 is 0. The van der Waals surface area contributed by atoms with E-state index in [9.17, 15) is 18.8 Å². The summed E-state index contributed by atoms with van der Waals surface area (Å²) in [5.41, 5.74) is 0.411. The number of fused-ring (bicyclic) bond motifs is 1. The molecule has 0 aliphatic carbocycles. The van der Waals surface area contributed by atoms with Crippen LogP contribution in [0.25, 0.3) is 10.8 Å². The van der Waals surface area contributed by atoms with Crippen LogP contribution in [0.4, 0.5) is 4.39 Å². The monoisotopic (exact) mass is 411 g/mol. The third kappa shape index (κ3) is 4.71. The van der Waals surface area contributed by atoms with Gasteiger partial charge in [0.1, 0.15) is 5.82 Å². The summed E-state index contributed by atoms with van der Waals surface area (Å²) in [4.78, 5) is 37.6. The lowest BCUT2D eigenvalue weighted by Gasteiger charge is -2.15. The Kier molecular flexibility index (Phi) is 6.56. The molecule has 0 aliphatic rings. The predicted octanol–water partition coefficient (Wildman–Crippen LogP) is 2.81. The van der Waals surface area contributed by atoms with Crippen molar-refractivity contribution >= 4 is 22.6 Å². The van der Waals surface area contributed by atoms with Crippen LogP contribution >= 0.6 is 0 Å². The zero-order chi connectivity index (χ0) is 21.7. The van der Waals surface area contributed by atoms with Gasteiger partial charge in [-0.15, -0.1) is 0 Å². The minimum atomic E-state index is -1.08. The smallest absolute Gasteiger partial charge is 0.360 e. The molecule has 1 atom stereocenters. The number of nitrogens with one attached hydrogen (secondary N) is 1. The third-order valence-corrected chi connectivity index (χ3v) is 4.53. The Labute approximate surface area is 172 Å². The molecule has 1 N–H and O–H groups in total. The zero-order valence-electron chi connectivity index (χ0n) is 16.7. The van der Waals surface area contributed by atoms with E-state index < -0.39 is 18.0 Å². The Morgan fingerprint density at radius 1 is 1.13 bits per heavy atom. The van der Waals surface area contributed by atoms with Gasteiger partial charge in [-0.3, -0.25) is 9.59 Å². The van der Waals surface area contributed by atoms with Crippen LogP contribution in [0.5, 0.6) is 0 Å². The molecule has 3 rings (SSSR count). The predicted molar refractivity (Wildman–Crippen MR) is 109 cm³/mol. The number of aromatic nitrogens is 2. The van der Waals surface area contributed by atoms with Crippen LogP contribution in [-0.2, 0) is 22.6 Å². The van der Waals surface area contributed by atoms with Crippen molar-refractivity contribution in [1.29, 1.82) is 0 Å². The van der Waals surface area contributed by atoms with E-state index in [4.69, 9.17) is 4.74 Å². The first-order valence-corrected chi connectivity index (χ1v) is 9.63. The lowest BCUT2D eigenvalue weighted by atomic mass is 10.1. The van der Waals surface area contributed by atoms with E-state index >= 15 is 0 Å². The molecule has 8 heteroatoms. The standard InChI is InChI=1S/C22H22FN3O4/c1-3-12-26-21(28)18-7-5-4-6-17(18)19(25-26)22(29)30-14(2)20(27)24-13-15-8-10-16(23)11-9-15/h4-11,14H,3,12-13H2,1-2H3,(H,24,27). The van der Waals surface area contributed by atoms with Gasteiger partial charge in [-0.2, -0.15) is 5.10 Å². The van der Waals surface area contributed by atoms with Gasteiger partial charge < -0.3 is 10.1 Å². The highest BCUT2D eigenvalue weighted by atomic mass is 19.1. The molecule has 0 spiro atoms. The molecule has 1 heterocycles. The number of carbonyl (C=O) groups is 2. The summed E-state index contributed by atoms with van der Waals surface area (Å²) in [6.45, 7) is 3.87. The Hall–Kier alpha value is -3.55. The highest BCUT2D eigenvalue weighted by molar-refractivity contribution is 6.02. The molecule has 0 radical (unpaired) electrons. The van der Waals surface area contributed by atoms with Crippen molar-refractivity contribution in [3.05, 3.63) is 76.0 Å². The number of rotatable bonds is 7. The quantitative estimate of drug-likeness (QED) is 0.604. The fraction of sp³-hybridized carbons (Fsp3) is 0.273. The number of nitrogens with zero attached hydrogens (tertiary/aromatic N) is 2. The topological polar surface area (TPSA) is 90.3 Å². The van der Waals surface area contributed by atoms with Gasteiger partial charge in [0.25, 0.3) is 11.5 Å². The van der Waals surface area contributed by atoms with Crippen LogP contribution in [0.2, 0.25) is 0 Å². The number of halogens is 1. The Balaban J connectivity index is 1.75. The molecular formula is C22H22FN3O4. The number of hydrogen-bond acceptors (Lipinski definition) is 5. The maximum Gasteiger partial charge on any atom is 0.360 e. The van der Waals surface area contributed by atoms with E-state index in [-0.39, 0.29) is 23.6 Å². The third-order valence-electron chi connectivity index (χ3n) is 4.53. The van der Waals surface area contributed by atoms with Crippen LogP contribution in [0.3, 0.4) is 0 Å². The van der Waals surface area contributed by atoms with Crippen molar-refractivity contribution in [2.24, 2.45) is 0 Å². The molecule has 0 fully saturated rings. The molecule has 0 bridgehead atoms. The SMILES string of the molecule is CCCn1nc(C(=O)OC(C)C(=O)NCc2ccc(F)cc2)c2ccccc2c1=O. The van der Waals surface area contributed by atoms with Gasteiger partial charge in [-0.25, -0.2) is 13.9 Å². The highest BCUT2D eigenvalue weighted by Gasteiger charge is 2.23. The number of amides is 1. The Morgan fingerprint density at radius 3 is 2.47 bits per heavy atom. The minimum Gasteiger partial charge on any atom is -0.448 e. The van der Waals surface area contributed by atoms with Gasteiger partial charge >= 0.3 is 5.97 Å². The molecule has 7 nitrogen and oxygen atoms in total. The van der Waals surface area contributed by atoms with E-state index in [0.29, 0.717) is 29.3 Å². The largest absolute Gasteiger partial charge is 0.448 e. The van der Waals surface area contributed by atoms with E-state index in [0.717, 1.165) is 0 Å². The van der Waals surface area contributed by atoms with Crippen molar-refractivity contribution in [2.75, 3.05) is 0 Å². The van der Waals surface area contributed by atoms with Crippen LogP contribution in [0.15, 0.2) is 53.3 Å². The Morgan fingerprint density at radius 2 is 1.80 bits per heavy atom. The number of aryl methyl sites for hydroxylation is 1. The highest BCUT2D eigenvalue weighted by Crippen LogP contribution is 2.15. The lowest BCUT2D eigenvalue weighted by Crippen LogP contribution is -2.36. The molecule has 3 aromatic rings. The molecule has 30 heavy (non-hydrogen) atoms. The van der Waals surface area contributed by atoms with Crippen LogP contribution in [0.1, 0.15) is 36.3 Å². The molecule has 2 aromatic carbocycles. The minimum absolute atomic E-state index is 0.0168. The van der Waals surface area contributed by atoms with Crippen LogP contribution in [-0.4, -0.2) is 27.8 Å². The van der Waals surface area contributed by atoms with E-state index in [1.165, 1.54) is 23.7 Å². The van der Waals surface area contributed by atoms with Gasteiger partial charge in [0.2, 0.25) is 0 Å². The second-order valence-corrected chi connectivity index (χ2v) is 6.81. The fourth-order valence-electron chi connectivity index (χ4n) is 2.95. The maximum atomic E-state index is 13.0. The summed E-state index contributed by atoms with van der Waals surface area (Å²) in [6, 6.07) is 12.4. The lowest BCUT2D eigenvalue weighted by molar-refractivity contribution is -0.129. The number of esters is 1. The molecule has 0 aliphatic heterocycles. The number of hydrogen-bond donors (Lipinski definition) is 1. The van der Waals surface area contributed by atoms with Gasteiger partial charge in [-0.1, -0.05) is 37.3 Å². The second-order valence-electron chi connectivity index (χ2n) is 6.81. The number of ether oxygens (including phenoxy) is 1. The van der Waals surface area contributed by atoms with Crippen molar-refractivity contribution in [3.8, 4) is 0 Å². The van der Waals surface area contributed by atoms with Crippen molar-refractivity contribution in [1.82, 2.24) is 15.1 Å². The molecule has 1 aromatic heterocycles. The molecule has 156 valence electrons. The summed E-state index contributed by atoms with van der Waals surface area (Å²) in [5.74, 6) is -1.66. The van der Waals surface area contributed by atoms with Crippen LogP contribution in [0, 0.1) is 5.82 Å². The van der Waals surface area contributed by atoms with Crippen LogP contribution < -0.4 is 10.9 Å². The second kappa shape index (κ2) is 9.30.